The van der Waals surface area contributed by atoms with Gasteiger partial charge in [-0.1, -0.05) is 243 Å². The predicted molar refractivity (Wildman–Crippen MR) is 431 cm³/mol. The van der Waals surface area contributed by atoms with E-state index in [4.69, 9.17) is 0 Å². The Morgan fingerprint density at radius 1 is 0.118 bits per heavy atom. The van der Waals surface area contributed by atoms with Crippen molar-refractivity contribution in [1.29, 1.82) is 0 Å². The third kappa shape index (κ3) is 9.24. The average Bonchev–Trinajstić information content (AvgIpc) is 1.62. The Hall–Kier alpha value is -13.5. The molecule has 0 amide bonds. The third-order valence-corrected chi connectivity index (χ3v) is 21.5. The van der Waals surface area contributed by atoms with Crippen LogP contribution in [0.25, 0.3) is 198 Å². The van der Waals surface area contributed by atoms with Gasteiger partial charge in [-0.05, 0) is 222 Å². The molecule has 0 fully saturated rings. The van der Waals surface area contributed by atoms with Crippen LogP contribution in [0.4, 0.5) is 0 Å². The van der Waals surface area contributed by atoms with Crippen molar-refractivity contribution >= 4 is 109 Å². The molecule has 17 aromatic carbocycles. The first kappa shape index (κ1) is 57.5. The molecule has 0 N–H and O–H groups in total. The molecule has 0 saturated heterocycles. The Morgan fingerprint density at radius 2 is 0.392 bits per heavy atom. The molecule has 0 radical (unpaired) electrons. The van der Waals surface area contributed by atoms with E-state index in [1.54, 1.807) is 0 Å². The van der Waals surface area contributed by atoms with Gasteiger partial charge in [0.2, 0.25) is 0 Å². The Labute approximate surface area is 588 Å². The van der Waals surface area contributed by atoms with E-state index in [-0.39, 0.29) is 0 Å². The van der Waals surface area contributed by atoms with Crippen LogP contribution in [0.2, 0.25) is 0 Å². The first-order valence-electron chi connectivity index (χ1n) is 35.2. The lowest BCUT2D eigenvalue weighted by atomic mass is 9.95. The third-order valence-electron chi connectivity index (χ3n) is 21.5. The molecule has 0 bridgehead atoms. The lowest BCUT2D eigenvalue weighted by Gasteiger charge is -2.13. The van der Waals surface area contributed by atoms with Gasteiger partial charge in [-0.25, -0.2) is 0 Å². The van der Waals surface area contributed by atoms with Crippen molar-refractivity contribution in [1.82, 2.24) is 18.3 Å². The second-order valence-electron chi connectivity index (χ2n) is 27.2. The Kier molecular flexibility index (Phi) is 13.0. The molecule has 4 heterocycles. The quantitative estimate of drug-likeness (QED) is 0.122. The summed E-state index contributed by atoms with van der Waals surface area (Å²) in [7, 11) is 0. The number of rotatable bonds is 10. The molecule has 0 saturated carbocycles. The van der Waals surface area contributed by atoms with Crippen molar-refractivity contribution in [2.75, 3.05) is 0 Å². The summed E-state index contributed by atoms with van der Waals surface area (Å²) in [5.74, 6) is 0. The highest BCUT2D eigenvalue weighted by Gasteiger charge is 2.21. The summed E-state index contributed by atoms with van der Waals surface area (Å²) in [6.45, 7) is 0. The Bertz CT molecular complexity index is 6980. The average molecular weight is 1300 g/mol. The molecule has 474 valence electrons. The fraction of sp³-hybridized carbons (Fsp3) is 0. The molecule has 0 aliphatic carbocycles. The van der Waals surface area contributed by atoms with Gasteiger partial charge >= 0.3 is 0 Å². The molecule has 21 aromatic rings. The minimum absolute atomic E-state index is 1.13. The van der Waals surface area contributed by atoms with Gasteiger partial charge in [-0.15, -0.1) is 0 Å². The van der Waals surface area contributed by atoms with E-state index in [9.17, 15) is 0 Å². The van der Waals surface area contributed by atoms with E-state index in [1.165, 1.54) is 176 Å². The summed E-state index contributed by atoms with van der Waals surface area (Å²) < 4.78 is 9.71. The number of aromatic nitrogens is 4. The van der Waals surface area contributed by atoms with Gasteiger partial charge in [0.25, 0.3) is 0 Å². The van der Waals surface area contributed by atoms with Gasteiger partial charge in [0.15, 0.2) is 0 Å². The van der Waals surface area contributed by atoms with Gasteiger partial charge in [-0.3, -0.25) is 0 Å². The van der Waals surface area contributed by atoms with Crippen molar-refractivity contribution in [3.63, 3.8) is 0 Å². The minimum Gasteiger partial charge on any atom is -0.309 e. The van der Waals surface area contributed by atoms with Gasteiger partial charge in [0.1, 0.15) is 0 Å². The second-order valence-corrected chi connectivity index (χ2v) is 27.2. The van der Waals surface area contributed by atoms with Crippen LogP contribution >= 0.6 is 0 Å². The molecule has 0 atom stereocenters. The van der Waals surface area contributed by atoms with Crippen LogP contribution in [-0.4, -0.2) is 18.3 Å². The molecule has 0 aliphatic heterocycles. The monoisotopic (exact) mass is 1290 g/mol. The van der Waals surface area contributed by atoms with E-state index in [0.717, 1.165) is 22.7 Å². The van der Waals surface area contributed by atoms with Crippen LogP contribution in [0.15, 0.2) is 376 Å². The number of nitrogens with zero attached hydrogens (tertiary/aromatic N) is 4. The van der Waals surface area contributed by atoms with Crippen molar-refractivity contribution in [2.24, 2.45) is 0 Å². The number of fused-ring (bicyclic) bond motifs is 15. The molecular weight excluding hydrogens is 1230 g/mol. The number of benzene rings is 17. The highest BCUT2D eigenvalue weighted by atomic mass is 15.0. The van der Waals surface area contributed by atoms with E-state index >= 15 is 0 Å². The first-order valence-corrected chi connectivity index (χ1v) is 35.2. The molecular formula is C98H62N4. The zero-order valence-corrected chi connectivity index (χ0v) is 55.6. The van der Waals surface area contributed by atoms with Gasteiger partial charge in [0.05, 0.1) is 44.1 Å². The number of hydrogen-bond acceptors (Lipinski definition) is 0. The summed E-state index contributed by atoms with van der Waals surface area (Å²) in [5, 5.41) is 14.8. The maximum atomic E-state index is 2.45. The van der Waals surface area contributed by atoms with Crippen LogP contribution in [-0.2, 0) is 0 Å². The van der Waals surface area contributed by atoms with Crippen molar-refractivity contribution in [2.45, 2.75) is 0 Å². The normalized spacial score (nSPS) is 11.9. The van der Waals surface area contributed by atoms with Crippen LogP contribution in [0.1, 0.15) is 0 Å². The van der Waals surface area contributed by atoms with Gasteiger partial charge in [-0.2, -0.15) is 0 Å². The minimum atomic E-state index is 1.13. The molecule has 4 aromatic heterocycles. The molecule has 102 heavy (non-hydrogen) atoms. The zero-order valence-electron chi connectivity index (χ0n) is 55.6. The SMILES string of the molecule is c1ccc(-c2ccc(-n3c4ccccc4c4cc(-c5ccc6c(c5)c5ccccc5n6-c5ccc6c(ccc7ccc(-c8cccc(-c9cccc(-n%10c%11ccccc%11c%11cc(-c%12ccc%13c(c%12)c%12ccccc%12n%13-c%12cccc(-c%13ccccc%13)c%12)ccc%11%10)c9)c8)cc76)c5)ccc43)cc2)cc1. The summed E-state index contributed by atoms with van der Waals surface area (Å²) >= 11 is 0. The van der Waals surface area contributed by atoms with Gasteiger partial charge < -0.3 is 18.3 Å². The Morgan fingerprint density at radius 3 is 0.843 bits per heavy atom. The second kappa shape index (κ2) is 23.0. The van der Waals surface area contributed by atoms with Crippen molar-refractivity contribution in [3.8, 4) is 89.5 Å². The highest BCUT2D eigenvalue weighted by molar-refractivity contribution is 6.16. The number of para-hydroxylation sites is 4. The fourth-order valence-electron chi connectivity index (χ4n) is 16.7. The molecule has 21 rings (SSSR count). The van der Waals surface area contributed by atoms with Crippen LogP contribution in [0.5, 0.6) is 0 Å². The molecule has 4 heteroatoms. The fourth-order valence-corrected chi connectivity index (χ4v) is 16.7. The molecule has 0 unspecified atom stereocenters. The molecule has 0 aliphatic rings. The van der Waals surface area contributed by atoms with Crippen LogP contribution in [0.3, 0.4) is 0 Å². The molecule has 0 spiro atoms. The lowest BCUT2D eigenvalue weighted by Crippen LogP contribution is -1.94. The topological polar surface area (TPSA) is 19.7 Å². The van der Waals surface area contributed by atoms with Crippen LogP contribution < -0.4 is 0 Å². The summed E-state index contributed by atoms with van der Waals surface area (Å²) in [4.78, 5) is 0. The van der Waals surface area contributed by atoms with E-state index in [1.807, 2.05) is 0 Å². The standard InChI is InChI=1S/C98H62N4/c1-3-18-63(19-4-1)65-40-46-77(47-41-65)99-91-32-11-7-28-82(91)87-59-72(42-50-95(87)99)75-45-53-98-90(62-75)85-31-10-14-35-94(85)102(98)80-48-49-81-76(57-80)39-37-66-36-38-71(58-86(66)81)68-23-15-22-67(54-68)70-25-17-27-79(56-70)101-93-34-13-9-30-84(93)89-61-74(44-52-97(89)101)73-43-51-96-88(60-73)83-29-8-12-33-92(83)100(96)78-26-16-24-69(55-78)64-20-5-2-6-21-64/h1-62H. The van der Waals surface area contributed by atoms with Crippen LogP contribution in [0, 0.1) is 0 Å². The lowest BCUT2D eigenvalue weighted by molar-refractivity contribution is 1.18. The number of hydrogen-bond donors (Lipinski definition) is 0. The first-order chi connectivity index (χ1) is 50.5. The summed E-state index contributed by atoms with van der Waals surface area (Å²) in [5.41, 5.74) is 28.4. The summed E-state index contributed by atoms with van der Waals surface area (Å²) in [6, 6.07) is 139. The maximum absolute atomic E-state index is 2.45. The van der Waals surface area contributed by atoms with E-state index in [2.05, 4.69) is 394 Å². The van der Waals surface area contributed by atoms with Crippen molar-refractivity contribution < 1.29 is 0 Å². The predicted octanol–water partition coefficient (Wildman–Crippen LogP) is 26.4. The van der Waals surface area contributed by atoms with E-state index < -0.39 is 0 Å². The largest absolute Gasteiger partial charge is 0.309 e. The van der Waals surface area contributed by atoms with Gasteiger partial charge in [0, 0.05) is 65.8 Å². The Balaban J connectivity index is 0.589. The smallest absolute Gasteiger partial charge is 0.0541 e. The highest BCUT2D eigenvalue weighted by Crippen LogP contribution is 2.44. The molecule has 4 nitrogen and oxygen atoms in total. The zero-order chi connectivity index (χ0) is 66.9. The van der Waals surface area contributed by atoms with Crippen molar-refractivity contribution in [3.05, 3.63) is 376 Å². The summed E-state index contributed by atoms with van der Waals surface area (Å²) in [6.07, 6.45) is 0. The maximum Gasteiger partial charge on any atom is 0.0541 e. The van der Waals surface area contributed by atoms with E-state index in [0.29, 0.717) is 0 Å².